The molecule has 0 atom stereocenters. The Morgan fingerprint density at radius 1 is 0.938 bits per heavy atom. The summed E-state index contributed by atoms with van der Waals surface area (Å²) in [6, 6.07) is 12.7. The SMILES string of the molecule is O=[S-](=O)c1cccc2ccccc12.[CH3][Sn+][CH3]. The van der Waals surface area contributed by atoms with E-state index in [-0.39, 0.29) is 21.1 Å². The minimum atomic E-state index is -2.15. The Hall–Kier alpha value is -0.551. The molecule has 0 aliphatic rings. The van der Waals surface area contributed by atoms with Crippen molar-refractivity contribution in [3.05, 3.63) is 42.5 Å². The van der Waals surface area contributed by atoms with Gasteiger partial charge in [0.05, 0.1) is 0 Å². The van der Waals surface area contributed by atoms with Gasteiger partial charge in [0.15, 0.2) is 0 Å². The molecule has 0 aliphatic carbocycles. The van der Waals surface area contributed by atoms with Crippen molar-refractivity contribution >= 4 is 42.6 Å². The molecule has 0 saturated heterocycles. The average Bonchev–Trinajstić information content (AvgIpc) is 2.29. The molecule has 0 spiro atoms. The van der Waals surface area contributed by atoms with E-state index in [4.69, 9.17) is 0 Å². The van der Waals surface area contributed by atoms with Crippen LogP contribution in [-0.4, -0.2) is 21.1 Å². The van der Waals surface area contributed by atoms with Crippen LogP contribution in [0, 0.1) is 0 Å². The molecule has 0 aromatic heterocycles. The van der Waals surface area contributed by atoms with Crippen molar-refractivity contribution in [1.29, 1.82) is 0 Å². The second-order valence-electron chi connectivity index (χ2n) is 3.21. The number of fused-ring (bicyclic) bond motifs is 1. The van der Waals surface area contributed by atoms with Crippen LogP contribution in [0.3, 0.4) is 0 Å². The molecule has 0 fully saturated rings. The quantitative estimate of drug-likeness (QED) is 0.590. The molecule has 0 amide bonds. The van der Waals surface area contributed by atoms with Gasteiger partial charge in [-0.2, -0.15) is 0 Å². The van der Waals surface area contributed by atoms with Crippen LogP contribution in [0.25, 0.3) is 10.8 Å². The topological polar surface area (TPSA) is 34.1 Å². The van der Waals surface area contributed by atoms with E-state index in [0.29, 0.717) is 4.90 Å². The Kier molecular flexibility index (Phi) is 5.84. The van der Waals surface area contributed by atoms with E-state index in [0.717, 1.165) is 10.8 Å². The molecular weight excluding hydrogens is 327 g/mol. The Labute approximate surface area is 108 Å². The minimum absolute atomic E-state index is 0.230. The third-order valence-electron chi connectivity index (χ3n) is 1.93. The van der Waals surface area contributed by atoms with Crippen LogP contribution in [0.5, 0.6) is 0 Å². The van der Waals surface area contributed by atoms with E-state index < -0.39 is 10.7 Å². The maximum atomic E-state index is 10.8. The fraction of sp³-hybridized carbons (Fsp3) is 0.167. The summed E-state index contributed by atoms with van der Waals surface area (Å²) in [5.74, 6) is 0. The molecular formula is C12H13O2SSn. The van der Waals surface area contributed by atoms with Crippen molar-refractivity contribution in [3.8, 4) is 0 Å². The van der Waals surface area contributed by atoms with Gasteiger partial charge in [0.25, 0.3) is 0 Å². The fourth-order valence-corrected chi connectivity index (χ4v) is 1.90. The first-order valence-corrected chi connectivity index (χ1v) is 11.6. The van der Waals surface area contributed by atoms with E-state index >= 15 is 0 Å². The van der Waals surface area contributed by atoms with Crippen LogP contribution in [0.1, 0.15) is 0 Å². The van der Waals surface area contributed by atoms with Crippen molar-refractivity contribution in [3.63, 3.8) is 0 Å². The van der Waals surface area contributed by atoms with Crippen molar-refractivity contribution in [2.75, 3.05) is 0 Å². The average molecular weight is 340 g/mol. The second-order valence-corrected chi connectivity index (χ2v) is 6.98. The van der Waals surface area contributed by atoms with E-state index in [1.165, 1.54) is 0 Å². The van der Waals surface area contributed by atoms with Gasteiger partial charge in [0.1, 0.15) is 0 Å². The van der Waals surface area contributed by atoms with E-state index in [1.54, 1.807) is 18.2 Å². The van der Waals surface area contributed by atoms with E-state index in [9.17, 15) is 8.42 Å². The molecule has 2 aromatic carbocycles. The summed E-state index contributed by atoms with van der Waals surface area (Å²) in [6.45, 7) is 0. The number of hydrogen-bond donors (Lipinski definition) is 0. The summed E-state index contributed by atoms with van der Waals surface area (Å²) < 4.78 is 21.6. The van der Waals surface area contributed by atoms with E-state index in [1.807, 2.05) is 24.3 Å². The summed E-state index contributed by atoms with van der Waals surface area (Å²) >= 11 is 0.230. The van der Waals surface area contributed by atoms with E-state index in [2.05, 4.69) is 9.88 Å². The zero-order chi connectivity index (χ0) is 12.0. The van der Waals surface area contributed by atoms with Crippen molar-refractivity contribution < 1.29 is 8.42 Å². The van der Waals surface area contributed by atoms with Gasteiger partial charge in [-0.05, 0) is 21.5 Å². The number of hydrogen-bond acceptors (Lipinski definition) is 3. The number of rotatable bonds is 1. The zero-order valence-electron chi connectivity index (χ0n) is 9.27. The van der Waals surface area contributed by atoms with Crippen LogP contribution >= 0.6 is 0 Å². The van der Waals surface area contributed by atoms with Crippen molar-refractivity contribution in [2.45, 2.75) is 14.8 Å². The summed E-state index contributed by atoms with van der Waals surface area (Å²) in [6.07, 6.45) is 0. The maximum absolute atomic E-state index is 10.8. The normalized spacial score (nSPS) is 9.69. The van der Waals surface area contributed by atoms with Gasteiger partial charge < -0.3 is 8.42 Å². The molecule has 0 heterocycles. The van der Waals surface area contributed by atoms with Gasteiger partial charge in [-0.1, -0.05) is 47.4 Å². The molecule has 0 bridgehead atoms. The van der Waals surface area contributed by atoms with Crippen molar-refractivity contribution in [2.24, 2.45) is 0 Å². The second kappa shape index (κ2) is 6.91. The first-order chi connectivity index (χ1) is 7.70. The summed E-state index contributed by atoms with van der Waals surface area (Å²) in [7, 11) is -2.15. The Morgan fingerprint density at radius 3 is 2.12 bits per heavy atom. The third kappa shape index (κ3) is 3.49. The molecule has 83 valence electrons. The fourth-order valence-electron chi connectivity index (χ4n) is 1.34. The van der Waals surface area contributed by atoms with Gasteiger partial charge in [-0.25, -0.2) is 0 Å². The monoisotopic (exact) mass is 341 g/mol. The standard InChI is InChI=1S/C10H7O2S.2CH3.Sn/c11-13(12)10-7-3-5-8-4-1-2-6-9(8)10;;;/h1-7H;2*1H3;/q-1;;;+1. The molecule has 0 N–H and O–H groups in total. The molecule has 2 aromatic rings. The molecule has 0 unspecified atom stereocenters. The molecule has 16 heavy (non-hydrogen) atoms. The third-order valence-corrected chi connectivity index (χ3v) is 2.64. The number of benzene rings is 2. The van der Waals surface area contributed by atoms with Crippen LogP contribution in [0.2, 0.25) is 9.88 Å². The molecule has 1 radical (unpaired) electrons. The first kappa shape index (κ1) is 13.5. The zero-order valence-corrected chi connectivity index (χ0v) is 12.9. The van der Waals surface area contributed by atoms with Crippen LogP contribution in [0.4, 0.5) is 0 Å². The van der Waals surface area contributed by atoms with Crippen LogP contribution < -0.4 is 0 Å². The summed E-state index contributed by atoms with van der Waals surface area (Å²) in [4.78, 5) is 4.95. The summed E-state index contributed by atoms with van der Waals surface area (Å²) in [5, 5.41) is 1.72. The van der Waals surface area contributed by atoms with Gasteiger partial charge in [0, 0.05) is 0 Å². The first-order valence-electron chi connectivity index (χ1n) is 4.86. The Bertz CT molecular complexity index is 522. The predicted octanol–water partition coefficient (Wildman–Crippen LogP) is 3.29. The molecule has 2 rings (SSSR count). The Morgan fingerprint density at radius 2 is 1.50 bits per heavy atom. The molecule has 4 heteroatoms. The van der Waals surface area contributed by atoms with Gasteiger partial charge in [-0.15, -0.1) is 0 Å². The van der Waals surface area contributed by atoms with Gasteiger partial charge in [0.2, 0.25) is 0 Å². The van der Waals surface area contributed by atoms with Gasteiger partial charge >= 0.3 is 31.0 Å². The predicted molar refractivity (Wildman–Crippen MR) is 68.4 cm³/mol. The van der Waals surface area contributed by atoms with Gasteiger partial charge in [-0.3, -0.25) is 0 Å². The van der Waals surface area contributed by atoms with Crippen LogP contribution in [0.15, 0.2) is 47.4 Å². The molecule has 2 nitrogen and oxygen atoms in total. The van der Waals surface area contributed by atoms with Crippen LogP contribution in [-0.2, 0) is 19.1 Å². The molecule has 0 aliphatic heterocycles. The Balaban J connectivity index is 0.000000386. The van der Waals surface area contributed by atoms with Crippen molar-refractivity contribution in [1.82, 2.24) is 0 Å². The molecule has 0 saturated carbocycles. The summed E-state index contributed by atoms with van der Waals surface area (Å²) in [5.41, 5.74) is 0.